The molecule has 20 heavy (non-hydrogen) atoms. The lowest BCUT2D eigenvalue weighted by atomic mass is 10.1. The molecule has 0 aliphatic carbocycles. The van der Waals surface area contributed by atoms with E-state index in [-0.39, 0.29) is 0 Å². The number of nitrogens with one attached hydrogen (secondary N) is 2. The largest absolute Gasteiger partial charge is 0.358 e. The van der Waals surface area contributed by atoms with Crippen molar-refractivity contribution in [3.63, 3.8) is 0 Å². The van der Waals surface area contributed by atoms with E-state index >= 15 is 0 Å². The summed E-state index contributed by atoms with van der Waals surface area (Å²) in [5.74, 6) is 0.876. The number of H-pyrrole nitrogens is 1. The smallest absolute Gasteiger partial charge is 0.130 e. The number of aromatic amines is 1. The number of benzene rings is 1. The Balaban J connectivity index is 2.08. The van der Waals surface area contributed by atoms with Crippen molar-refractivity contribution in [1.29, 1.82) is 0 Å². The molecule has 1 aromatic carbocycles. The van der Waals surface area contributed by atoms with Crippen LogP contribution in [-0.4, -0.2) is 28.5 Å². The average molecular weight is 266 g/mol. The van der Waals surface area contributed by atoms with Crippen LogP contribution in [-0.2, 0) is 6.42 Å². The van der Waals surface area contributed by atoms with Crippen LogP contribution in [0.25, 0.3) is 22.2 Å². The summed E-state index contributed by atoms with van der Waals surface area (Å²) in [5, 5.41) is 4.34. The molecular weight excluding hydrogens is 248 g/mol. The highest BCUT2D eigenvalue weighted by molar-refractivity contribution is 5.96. The Kier molecular flexibility index (Phi) is 3.48. The van der Waals surface area contributed by atoms with Crippen LogP contribution in [0, 0.1) is 6.92 Å². The van der Waals surface area contributed by atoms with E-state index in [2.05, 4.69) is 40.4 Å². The van der Waals surface area contributed by atoms with Gasteiger partial charge in [0.1, 0.15) is 5.82 Å². The number of fused-ring (bicyclic) bond motifs is 1. The third-order valence-electron chi connectivity index (χ3n) is 3.45. The predicted octanol–water partition coefficient (Wildman–Crippen LogP) is 2.70. The molecule has 0 bridgehead atoms. The van der Waals surface area contributed by atoms with Gasteiger partial charge in [-0.05, 0) is 26.1 Å². The van der Waals surface area contributed by atoms with Crippen molar-refractivity contribution >= 4 is 10.9 Å². The van der Waals surface area contributed by atoms with Crippen LogP contribution in [0.1, 0.15) is 11.5 Å². The lowest BCUT2D eigenvalue weighted by Crippen LogP contribution is -2.12. The van der Waals surface area contributed by atoms with Crippen molar-refractivity contribution < 1.29 is 0 Å². The van der Waals surface area contributed by atoms with Crippen LogP contribution in [0.15, 0.2) is 36.5 Å². The molecule has 0 fully saturated rings. The standard InChI is InChI=1S/C16H18N4/c1-11-16(12-5-3-4-6-13(12)19-11)14-7-10-18-15(20-14)8-9-17-2/h3-7,10,17,19H,8-9H2,1-2H3. The maximum atomic E-state index is 4.69. The summed E-state index contributed by atoms with van der Waals surface area (Å²) < 4.78 is 0. The van der Waals surface area contributed by atoms with Crippen LogP contribution < -0.4 is 5.32 Å². The van der Waals surface area contributed by atoms with E-state index in [0.717, 1.165) is 35.7 Å². The van der Waals surface area contributed by atoms with Gasteiger partial charge in [-0.1, -0.05) is 18.2 Å². The zero-order chi connectivity index (χ0) is 13.9. The van der Waals surface area contributed by atoms with Crippen LogP contribution in [0.3, 0.4) is 0 Å². The molecule has 0 amide bonds. The topological polar surface area (TPSA) is 53.6 Å². The number of nitrogens with zero attached hydrogens (tertiary/aromatic N) is 2. The SMILES string of the molecule is CNCCc1nccc(-c2c(C)[nH]c3ccccc23)n1. The number of aryl methyl sites for hydroxylation is 1. The van der Waals surface area contributed by atoms with Gasteiger partial charge in [-0.2, -0.15) is 0 Å². The molecule has 0 radical (unpaired) electrons. The first kappa shape index (κ1) is 12.8. The monoisotopic (exact) mass is 266 g/mol. The number of rotatable bonds is 4. The molecule has 3 rings (SSSR count). The van der Waals surface area contributed by atoms with E-state index in [1.54, 1.807) is 0 Å². The third kappa shape index (κ3) is 2.30. The summed E-state index contributed by atoms with van der Waals surface area (Å²) in [6, 6.07) is 10.3. The van der Waals surface area contributed by atoms with E-state index in [4.69, 9.17) is 4.98 Å². The molecule has 0 saturated heterocycles. The first-order valence-electron chi connectivity index (χ1n) is 6.84. The number of para-hydroxylation sites is 1. The van der Waals surface area contributed by atoms with Crippen LogP contribution >= 0.6 is 0 Å². The molecule has 4 heteroatoms. The quantitative estimate of drug-likeness (QED) is 0.763. The Morgan fingerprint density at radius 2 is 2.05 bits per heavy atom. The van der Waals surface area contributed by atoms with E-state index < -0.39 is 0 Å². The maximum absolute atomic E-state index is 4.69. The zero-order valence-electron chi connectivity index (χ0n) is 11.8. The molecule has 102 valence electrons. The predicted molar refractivity (Wildman–Crippen MR) is 81.7 cm³/mol. The number of hydrogen-bond acceptors (Lipinski definition) is 3. The fourth-order valence-electron chi connectivity index (χ4n) is 2.50. The molecule has 2 N–H and O–H groups in total. The number of likely N-dealkylation sites (N-methyl/N-ethyl adjacent to an activating group) is 1. The lowest BCUT2D eigenvalue weighted by molar-refractivity contribution is 0.756. The maximum Gasteiger partial charge on any atom is 0.130 e. The molecule has 0 aliphatic heterocycles. The summed E-state index contributed by atoms with van der Waals surface area (Å²) in [7, 11) is 1.94. The van der Waals surface area contributed by atoms with Gasteiger partial charge in [0.25, 0.3) is 0 Å². The highest BCUT2D eigenvalue weighted by atomic mass is 14.9. The minimum absolute atomic E-state index is 0.839. The summed E-state index contributed by atoms with van der Waals surface area (Å²) in [5.41, 5.74) is 4.45. The minimum Gasteiger partial charge on any atom is -0.358 e. The molecule has 2 aromatic heterocycles. The molecule has 2 heterocycles. The normalized spacial score (nSPS) is 11.1. The Morgan fingerprint density at radius 1 is 1.20 bits per heavy atom. The zero-order valence-corrected chi connectivity index (χ0v) is 11.8. The van der Waals surface area contributed by atoms with E-state index in [9.17, 15) is 0 Å². The molecule has 0 spiro atoms. The lowest BCUT2D eigenvalue weighted by Gasteiger charge is -2.04. The van der Waals surface area contributed by atoms with Gasteiger partial charge in [-0.3, -0.25) is 0 Å². The molecule has 0 aliphatic rings. The molecule has 0 unspecified atom stereocenters. The summed E-state index contributed by atoms with van der Waals surface area (Å²) >= 11 is 0. The highest BCUT2D eigenvalue weighted by Gasteiger charge is 2.11. The minimum atomic E-state index is 0.839. The van der Waals surface area contributed by atoms with Gasteiger partial charge in [0, 0.05) is 41.3 Å². The molecule has 0 atom stereocenters. The third-order valence-corrected chi connectivity index (χ3v) is 3.45. The van der Waals surface area contributed by atoms with Gasteiger partial charge in [0.05, 0.1) is 5.69 Å². The Hall–Kier alpha value is -2.20. The molecule has 4 nitrogen and oxygen atoms in total. The summed E-state index contributed by atoms with van der Waals surface area (Å²) in [4.78, 5) is 12.4. The fraction of sp³-hybridized carbons (Fsp3) is 0.250. The van der Waals surface area contributed by atoms with Crippen LogP contribution in [0.4, 0.5) is 0 Å². The second kappa shape index (κ2) is 5.43. The second-order valence-corrected chi connectivity index (χ2v) is 4.88. The average Bonchev–Trinajstić information content (AvgIpc) is 2.81. The van der Waals surface area contributed by atoms with Gasteiger partial charge >= 0.3 is 0 Å². The molecule has 3 aromatic rings. The van der Waals surface area contributed by atoms with E-state index in [0.29, 0.717) is 0 Å². The second-order valence-electron chi connectivity index (χ2n) is 4.88. The summed E-state index contributed by atoms with van der Waals surface area (Å²) in [6.45, 7) is 2.97. The van der Waals surface area contributed by atoms with E-state index in [1.807, 2.05) is 25.4 Å². The molecule has 0 saturated carbocycles. The van der Waals surface area contributed by atoms with Crippen molar-refractivity contribution in [2.75, 3.05) is 13.6 Å². The Morgan fingerprint density at radius 3 is 2.90 bits per heavy atom. The number of hydrogen-bond donors (Lipinski definition) is 2. The Bertz CT molecular complexity index is 730. The molecular formula is C16H18N4. The van der Waals surface area contributed by atoms with Gasteiger partial charge in [0.15, 0.2) is 0 Å². The van der Waals surface area contributed by atoms with Gasteiger partial charge in [0.2, 0.25) is 0 Å². The summed E-state index contributed by atoms with van der Waals surface area (Å²) in [6.07, 6.45) is 2.68. The van der Waals surface area contributed by atoms with Crippen molar-refractivity contribution in [3.05, 3.63) is 48.0 Å². The van der Waals surface area contributed by atoms with Gasteiger partial charge in [-0.25, -0.2) is 9.97 Å². The van der Waals surface area contributed by atoms with E-state index in [1.165, 1.54) is 10.9 Å². The first-order valence-corrected chi connectivity index (χ1v) is 6.84. The van der Waals surface area contributed by atoms with Gasteiger partial charge in [-0.15, -0.1) is 0 Å². The van der Waals surface area contributed by atoms with Crippen molar-refractivity contribution in [1.82, 2.24) is 20.3 Å². The fourth-order valence-corrected chi connectivity index (χ4v) is 2.50. The first-order chi connectivity index (χ1) is 9.79. The van der Waals surface area contributed by atoms with Crippen molar-refractivity contribution in [2.45, 2.75) is 13.3 Å². The number of aromatic nitrogens is 3. The van der Waals surface area contributed by atoms with Crippen LogP contribution in [0.2, 0.25) is 0 Å². The highest BCUT2D eigenvalue weighted by Crippen LogP contribution is 2.30. The van der Waals surface area contributed by atoms with Gasteiger partial charge < -0.3 is 10.3 Å². The van der Waals surface area contributed by atoms with Crippen molar-refractivity contribution in [2.24, 2.45) is 0 Å². The van der Waals surface area contributed by atoms with Crippen molar-refractivity contribution in [3.8, 4) is 11.3 Å². The Labute approximate surface area is 118 Å². The van der Waals surface area contributed by atoms with Crippen LogP contribution in [0.5, 0.6) is 0 Å².